The number of carboxylic acids is 1. The van der Waals surface area contributed by atoms with Crippen LogP contribution in [0.3, 0.4) is 0 Å². The molecule has 1 saturated carbocycles. The molecule has 0 saturated heterocycles. The lowest BCUT2D eigenvalue weighted by Gasteiger charge is -2.20. The van der Waals surface area contributed by atoms with Gasteiger partial charge in [0.25, 0.3) is 5.91 Å². The van der Waals surface area contributed by atoms with Gasteiger partial charge >= 0.3 is 5.97 Å². The normalized spacial score (nSPS) is 15.3. The van der Waals surface area contributed by atoms with Crippen molar-refractivity contribution in [3.05, 3.63) is 83.7 Å². The molecule has 1 fully saturated rings. The van der Waals surface area contributed by atoms with E-state index in [2.05, 4.69) is 14.8 Å². The third-order valence-electron chi connectivity index (χ3n) is 7.12. The van der Waals surface area contributed by atoms with E-state index in [1.807, 2.05) is 60.7 Å². The Morgan fingerprint density at radius 1 is 1.03 bits per heavy atom. The van der Waals surface area contributed by atoms with E-state index in [-0.39, 0.29) is 5.91 Å². The molecule has 2 aromatic heterocycles. The van der Waals surface area contributed by atoms with Gasteiger partial charge in [0, 0.05) is 11.6 Å². The van der Waals surface area contributed by atoms with Gasteiger partial charge in [-0.1, -0.05) is 42.5 Å². The van der Waals surface area contributed by atoms with Crippen molar-refractivity contribution < 1.29 is 14.7 Å². The Hall–Kier alpha value is -4.33. The minimum Gasteiger partial charge on any atom is -0.481 e. The minimum absolute atomic E-state index is 0.109. The van der Waals surface area contributed by atoms with Crippen molar-refractivity contribution in [3.8, 4) is 22.6 Å². The second-order valence-corrected chi connectivity index (χ2v) is 9.95. The number of aliphatic carboxylic acids is 1. The lowest BCUT2D eigenvalue weighted by molar-refractivity contribution is -0.142. The van der Waals surface area contributed by atoms with Gasteiger partial charge in [-0.2, -0.15) is 0 Å². The SMILES string of the molecule is CC(C)(C(=O)O)c1cccc(-c2ccc3c(c2)C(=O)N(c2cccc(-c4nncn4C4CC4)n2)C3)c1. The number of pyridine rings is 1. The quantitative estimate of drug-likeness (QED) is 0.424. The first kappa shape index (κ1) is 22.2. The van der Waals surface area contributed by atoms with Crippen LogP contribution in [0.15, 0.2) is 67.0 Å². The van der Waals surface area contributed by atoms with Crippen LogP contribution in [0.25, 0.3) is 22.6 Å². The Morgan fingerprint density at radius 2 is 1.81 bits per heavy atom. The predicted octanol–water partition coefficient (Wildman–Crippen LogP) is 4.86. The predicted molar refractivity (Wildman–Crippen MR) is 135 cm³/mol. The van der Waals surface area contributed by atoms with E-state index >= 15 is 0 Å². The zero-order chi connectivity index (χ0) is 25.0. The summed E-state index contributed by atoms with van der Waals surface area (Å²) >= 11 is 0. The molecule has 1 N–H and O–H groups in total. The van der Waals surface area contributed by atoms with Crippen LogP contribution in [-0.4, -0.2) is 36.7 Å². The van der Waals surface area contributed by atoms with Crippen LogP contribution in [-0.2, 0) is 16.8 Å². The number of anilines is 1. The topological polar surface area (TPSA) is 101 Å². The van der Waals surface area contributed by atoms with E-state index in [0.29, 0.717) is 35.2 Å². The van der Waals surface area contributed by atoms with Crippen LogP contribution in [0.1, 0.15) is 54.2 Å². The Bertz CT molecular complexity index is 1520. The Kier molecular flexibility index (Phi) is 5.00. The second kappa shape index (κ2) is 8.12. The van der Waals surface area contributed by atoms with Crippen LogP contribution in [0.4, 0.5) is 5.82 Å². The number of benzene rings is 2. The molecule has 180 valence electrons. The molecule has 4 aromatic rings. The largest absolute Gasteiger partial charge is 0.481 e. The van der Waals surface area contributed by atoms with E-state index < -0.39 is 11.4 Å². The van der Waals surface area contributed by atoms with Gasteiger partial charge in [0.15, 0.2) is 5.82 Å². The molecule has 3 heterocycles. The van der Waals surface area contributed by atoms with Crippen molar-refractivity contribution in [3.63, 3.8) is 0 Å². The third-order valence-corrected chi connectivity index (χ3v) is 7.12. The van der Waals surface area contributed by atoms with E-state index in [0.717, 1.165) is 35.4 Å². The Morgan fingerprint density at radius 3 is 2.58 bits per heavy atom. The highest BCUT2D eigenvalue weighted by Gasteiger charge is 2.32. The fourth-order valence-corrected chi connectivity index (χ4v) is 4.62. The number of carbonyl (C=O) groups is 2. The van der Waals surface area contributed by atoms with Crippen molar-refractivity contribution in [1.29, 1.82) is 0 Å². The summed E-state index contributed by atoms with van der Waals surface area (Å²) in [6.07, 6.45) is 3.97. The van der Waals surface area contributed by atoms with Crippen LogP contribution in [0.5, 0.6) is 0 Å². The van der Waals surface area contributed by atoms with Gasteiger partial charge in [0.2, 0.25) is 0 Å². The molecule has 8 nitrogen and oxygen atoms in total. The number of carboxylic acid groups (broad SMARTS) is 1. The lowest BCUT2D eigenvalue weighted by atomic mass is 9.83. The average Bonchev–Trinajstić information content (AvgIpc) is 3.52. The molecule has 0 bridgehead atoms. The van der Waals surface area contributed by atoms with E-state index in [1.165, 1.54) is 0 Å². The number of amides is 1. The number of hydrogen-bond acceptors (Lipinski definition) is 5. The van der Waals surface area contributed by atoms with Crippen molar-refractivity contribution in [2.75, 3.05) is 4.90 Å². The molecule has 2 aliphatic rings. The molecule has 0 atom stereocenters. The van der Waals surface area contributed by atoms with E-state index in [1.54, 1.807) is 25.1 Å². The van der Waals surface area contributed by atoms with Crippen LogP contribution >= 0.6 is 0 Å². The zero-order valence-corrected chi connectivity index (χ0v) is 20.0. The number of rotatable bonds is 6. The van der Waals surface area contributed by atoms with E-state index in [4.69, 9.17) is 4.98 Å². The number of nitrogens with zero attached hydrogens (tertiary/aromatic N) is 5. The van der Waals surface area contributed by atoms with Crippen LogP contribution in [0.2, 0.25) is 0 Å². The third kappa shape index (κ3) is 3.66. The van der Waals surface area contributed by atoms with E-state index in [9.17, 15) is 14.7 Å². The minimum atomic E-state index is -1.01. The number of aromatic nitrogens is 4. The summed E-state index contributed by atoms with van der Waals surface area (Å²) in [5.41, 5.74) is 3.68. The van der Waals surface area contributed by atoms with Crippen molar-refractivity contribution in [2.45, 2.75) is 44.7 Å². The first-order valence-electron chi connectivity index (χ1n) is 12.0. The highest BCUT2D eigenvalue weighted by Crippen LogP contribution is 2.38. The summed E-state index contributed by atoms with van der Waals surface area (Å²) < 4.78 is 2.05. The maximum absolute atomic E-state index is 13.5. The molecule has 1 aliphatic carbocycles. The fraction of sp³-hybridized carbons (Fsp3) is 0.250. The Labute approximate surface area is 208 Å². The van der Waals surface area contributed by atoms with Gasteiger partial charge in [0.05, 0.1) is 12.0 Å². The molecule has 6 rings (SSSR count). The number of carbonyl (C=O) groups excluding carboxylic acids is 1. The summed E-state index contributed by atoms with van der Waals surface area (Å²) in [4.78, 5) is 31.6. The number of hydrogen-bond donors (Lipinski definition) is 1. The smallest absolute Gasteiger partial charge is 0.313 e. The summed E-state index contributed by atoms with van der Waals surface area (Å²) in [6, 6.07) is 19.4. The average molecular weight is 480 g/mol. The molecule has 0 spiro atoms. The molecule has 0 radical (unpaired) electrons. The fourth-order valence-electron chi connectivity index (χ4n) is 4.62. The van der Waals surface area contributed by atoms with Crippen LogP contribution in [0, 0.1) is 0 Å². The summed E-state index contributed by atoms with van der Waals surface area (Å²) in [5.74, 6) is 0.299. The molecule has 1 aliphatic heterocycles. The molecule has 36 heavy (non-hydrogen) atoms. The van der Waals surface area contributed by atoms with Crippen molar-refractivity contribution in [1.82, 2.24) is 19.7 Å². The summed E-state index contributed by atoms with van der Waals surface area (Å²) in [5, 5.41) is 17.9. The van der Waals surface area contributed by atoms with Gasteiger partial charge in [-0.15, -0.1) is 10.2 Å². The van der Waals surface area contributed by atoms with Gasteiger partial charge in [-0.05, 0) is 67.1 Å². The van der Waals surface area contributed by atoms with Crippen LogP contribution < -0.4 is 4.90 Å². The highest BCUT2D eigenvalue weighted by atomic mass is 16.4. The Balaban J connectivity index is 1.30. The van der Waals surface area contributed by atoms with Crippen molar-refractivity contribution in [2.24, 2.45) is 0 Å². The molecule has 8 heteroatoms. The molecular formula is C28H25N5O3. The molecular weight excluding hydrogens is 454 g/mol. The maximum atomic E-state index is 13.5. The summed E-state index contributed by atoms with van der Waals surface area (Å²) in [6.45, 7) is 3.81. The van der Waals surface area contributed by atoms with Crippen molar-refractivity contribution >= 4 is 17.7 Å². The van der Waals surface area contributed by atoms with Gasteiger partial charge in [-0.25, -0.2) is 4.98 Å². The first-order chi connectivity index (χ1) is 17.3. The molecule has 0 unspecified atom stereocenters. The first-order valence-corrected chi connectivity index (χ1v) is 12.0. The molecule has 1 amide bonds. The standard InChI is InChI=1S/C28H25N5O3/c1-28(2,27(35)36)20-6-3-5-17(13-20)18-9-10-19-15-32(26(34)22(19)14-18)24-8-4-7-23(30-24)25-31-29-16-33(25)21-11-12-21/h3-10,13-14,16,21H,11-12,15H2,1-2H3,(H,35,36). The number of fused-ring (bicyclic) bond motifs is 1. The second-order valence-electron chi connectivity index (χ2n) is 9.95. The monoisotopic (exact) mass is 479 g/mol. The maximum Gasteiger partial charge on any atom is 0.313 e. The van der Waals surface area contributed by atoms with Gasteiger partial charge < -0.3 is 9.67 Å². The zero-order valence-electron chi connectivity index (χ0n) is 20.0. The van der Waals surface area contributed by atoms with Gasteiger partial charge in [0.1, 0.15) is 17.8 Å². The highest BCUT2D eigenvalue weighted by molar-refractivity contribution is 6.10. The summed E-state index contributed by atoms with van der Waals surface area (Å²) in [7, 11) is 0. The molecule has 2 aromatic carbocycles. The lowest BCUT2D eigenvalue weighted by Crippen LogP contribution is -2.28. The van der Waals surface area contributed by atoms with Gasteiger partial charge in [-0.3, -0.25) is 14.5 Å².